The second-order valence-electron chi connectivity index (χ2n) is 5.73. The first-order valence-corrected chi connectivity index (χ1v) is 7.74. The molecule has 0 spiro atoms. The van der Waals surface area contributed by atoms with E-state index < -0.39 is 0 Å². The average molecular weight is 326 g/mol. The lowest BCUT2D eigenvalue weighted by molar-refractivity contribution is -0.123. The van der Waals surface area contributed by atoms with Gasteiger partial charge in [0.05, 0.1) is 20.1 Å². The second-order valence-corrected chi connectivity index (χ2v) is 5.73. The van der Waals surface area contributed by atoms with Crippen LogP contribution in [0.4, 0.5) is 5.69 Å². The molecule has 2 N–H and O–H groups in total. The summed E-state index contributed by atoms with van der Waals surface area (Å²) in [6.45, 7) is 3.89. The SMILES string of the molecule is COc1ccc(CC(=O)NCC(=O)Nc2cc(C)cc(C)c2)cc1. The Morgan fingerprint density at radius 1 is 0.958 bits per heavy atom. The predicted octanol–water partition coefficient (Wildman–Crippen LogP) is 2.61. The lowest BCUT2D eigenvalue weighted by Gasteiger charge is -2.09. The Labute approximate surface area is 142 Å². The number of hydrogen-bond acceptors (Lipinski definition) is 3. The summed E-state index contributed by atoms with van der Waals surface area (Å²) in [4.78, 5) is 23.8. The predicted molar refractivity (Wildman–Crippen MR) is 94.3 cm³/mol. The normalized spacial score (nSPS) is 10.1. The molecule has 126 valence electrons. The van der Waals surface area contributed by atoms with Gasteiger partial charge in [0.2, 0.25) is 11.8 Å². The lowest BCUT2D eigenvalue weighted by atomic mass is 10.1. The molecule has 0 saturated carbocycles. The maximum Gasteiger partial charge on any atom is 0.243 e. The van der Waals surface area contributed by atoms with E-state index in [9.17, 15) is 9.59 Å². The van der Waals surface area contributed by atoms with Crippen molar-refractivity contribution in [2.24, 2.45) is 0 Å². The number of carbonyl (C=O) groups excluding carboxylic acids is 2. The number of hydrogen-bond donors (Lipinski definition) is 2. The zero-order chi connectivity index (χ0) is 17.5. The molecule has 2 aromatic carbocycles. The van der Waals surface area contributed by atoms with Gasteiger partial charge in [-0.25, -0.2) is 0 Å². The number of ether oxygens (including phenoxy) is 1. The molecule has 5 heteroatoms. The molecule has 0 heterocycles. The molecular formula is C19H22N2O3. The molecule has 0 fully saturated rings. The van der Waals surface area contributed by atoms with Gasteiger partial charge in [-0.15, -0.1) is 0 Å². The molecule has 0 bridgehead atoms. The fraction of sp³-hybridized carbons (Fsp3) is 0.263. The number of amides is 2. The molecule has 2 rings (SSSR count). The maximum atomic E-state index is 11.9. The van der Waals surface area contributed by atoms with E-state index in [1.54, 1.807) is 19.2 Å². The first-order chi connectivity index (χ1) is 11.5. The highest BCUT2D eigenvalue weighted by atomic mass is 16.5. The molecule has 2 aromatic rings. The van der Waals surface area contributed by atoms with Gasteiger partial charge in [-0.3, -0.25) is 9.59 Å². The van der Waals surface area contributed by atoms with Crippen LogP contribution >= 0.6 is 0 Å². The minimum atomic E-state index is -0.247. The minimum Gasteiger partial charge on any atom is -0.497 e. The minimum absolute atomic E-state index is 0.0536. The van der Waals surface area contributed by atoms with Crippen molar-refractivity contribution in [1.82, 2.24) is 5.32 Å². The van der Waals surface area contributed by atoms with Gasteiger partial charge in [-0.2, -0.15) is 0 Å². The third-order valence-corrected chi connectivity index (χ3v) is 3.48. The van der Waals surface area contributed by atoms with Crippen LogP contribution in [0.15, 0.2) is 42.5 Å². The topological polar surface area (TPSA) is 67.4 Å². The Hall–Kier alpha value is -2.82. The Bertz CT molecular complexity index is 704. The Morgan fingerprint density at radius 2 is 1.58 bits per heavy atom. The molecule has 0 unspecified atom stereocenters. The van der Waals surface area contributed by atoms with Crippen LogP contribution in [0, 0.1) is 13.8 Å². The highest BCUT2D eigenvalue weighted by Crippen LogP contribution is 2.13. The Morgan fingerprint density at radius 3 is 2.17 bits per heavy atom. The molecule has 2 amide bonds. The fourth-order valence-electron chi connectivity index (χ4n) is 2.42. The van der Waals surface area contributed by atoms with Crippen LogP contribution < -0.4 is 15.4 Å². The number of benzene rings is 2. The molecule has 24 heavy (non-hydrogen) atoms. The van der Waals surface area contributed by atoms with Gasteiger partial charge in [0.25, 0.3) is 0 Å². The van der Waals surface area contributed by atoms with Crippen LogP contribution in [0.25, 0.3) is 0 Å². The van der Waals surface area contributed by atoms with Gasteiger partial charge in [0.15, 0.2) is 0 Å². The largest absolute Gasteiger partial charge is 0.497 e. The third-order valence-electron chi connectivity index (χ3n) is 3.48. The summed E-state index contributed by atoms with van der Waals surface area (Å²) in [5.41, 5.74) is 3.76. The third kappa shape index (κ3) is 5.43. The van der Waals surface area contributed by atoms with E-state index in [0.29, 0.717) is 0 Å². The smallest absolute Gasteiger partial charge is 0.243 e. The zero-order valence-electron chi connectivity index (χ0n) is 14.2. The molecule has 0 aliphatic rings. The van der Waals surface area contributed by atoms with Crippen molar-refractivity contribution in [2.75, 3.05) is 19.0 Å². The van der Waals surface area contributed by atoms with Crippen LogP contribution in [0.3, 0.4) is 0 Å². The summed E-state index contributed by atoms with van der Waals surface area (Å²) < 4.78 is 5.07. The molecule has 0 aromatic heterocycles. The Kier molecular flexibility index (Phi) is 5.95. The van der Waals surface area contributed by atoms with E-state index in [4.69, 9.17) is 4.74 Å². The monoisotopic (exact) mass is 326 g/mol. The molecule has 5 nitrogen and oxygen atoms in total. The first-order valence-electron chi connectivity index (χ1n) is 7.74. The van der Waals surface area contributed by atoms with Gasteiger partial charge < -0.3 is 15.4 Å². The van der Waals surface area contributed by atoms with Crippen molar-refractivity contribution in [2.45, 2.75) is 20.3 Å². The number of anilines is 1. The first kappa shape index (κ1) is 17.5. The number of carbonyl (C=O) groups is 2. The van der Waals surface area contributed by atoms with E-state index in [0.717, 1.165) is 28.1 Å². The second kappa shape index (κ2) is 8.15. The van der Waals surface area contributed by atoms with Crippen molar-refractivity contribution in [3.63, 3.8) is 0 Å². The van der Waals surface area contributed by atoms with E-state index >= 15 is 0 Å². The molecule has 0 aliphatic carbocycles. The quantitative estimate of drug-likeness (QED) is 0.857. The van der Waals surface area contributed by atoms with Crippen molar-refractivity contribution in [3.8, 4) is 5.75 Å². The van der Waals surface area contributed by atoms with Gasteiger partial charge in [0.1, 0.15) is 5.75 Å². The summed E-state index contributed by atoms with van der Waals surface area (Å²) in [6.07, 6.45) is 0.223. The van der Waals surface area contributed by atoms with Crippen molar-refractivity contribution >= 4 is 17.5 Å². The number of methoxy groups -OCH3 is 1. The fourth-order valence-corrected chi connectivity index (χ4v) is 2.42. The van der Waals surface area contributed by atoms with Gasteiger partial charge in [-0.1, -0.05) is 18.2 Å². The van der Waals surface area contributed by atoms with E-state index in [2.05, 4.69) is 10.6 Å². The highest BCUT2D eigenvalue weighted by molar-refractivity contribution is 5.94. The molecular weight excluding hydrogens is 304 g/mol. The van der Waals surface area contributed by atoms with Crippen LogP contribution in [-0.4, -0.2) is 25.5 Å². The van der Waals surface area contributed by atoms with Gasteiger partial charge >= 0.3 is 0 Å². The van der Waals surface area contributed by atoms with Crippen LogP contribution in [0.5, 0.6) is 5.75 Å². The standard InChI is InChI=1S/C19H22N2O3/c1-13-8-14(2)10-16(9-13)21-19(23)12-20-18(22)11-15-4-6-17(24-3)7-5-15/h4-10H,11-12H2,1-3H3,(H,20,22)(H,21,23). The van der Waals surface area contributed by atoms with Crippen LogP contribution in [0.2, 0.25) is 0 Å². The van der Waals surface area contributed by atoms with E-state index in [-0.39, 0.29) is 24.8 Å². The van der Waals surface area contributed by atoms with E-state index in [1.807, 2.05) is 44.2 Å². The molecule has 0 atom stereocenters. The maximum absolute atomic E-state index is 11.9. The van der Waals surface area contributed by atoms with Gasteiger partial charge in [0, 0.05) is 5.69 Å². The summed E-state index contributed by atoms with van der Waals surface area (Å²) >= 11 is 0. The van der Waals surface area contributed by atoms with Crippen LogP contribution in [-0.2, 0) is 16.0 Å². The Balaban J connectivity index is 1.81. The van der Waals surface area contributed by atoms with Crippen molar-refractivity contribution in [3.05, 3.63) is 59.2 Å². The molecule has 0 saturated heterocycles. The van der Waals surface area contributed by atoms with Crippen molar-refractivity contribution < 1.29 is 14.3 Å². The average Bonchev–Trinajstić information content (AvgIpc) is 2.53. The molecule has 0 radical (unpaired) electrons. The van der Waals surface area contributed by atoms with Crippen molar-refractivity contribution in [1.29, 1.82) is 0 Å². The summed E-state index contributed by atoms with van der Waals surface area (Å²) in [5, 5.41) is 5.41. The summed E-state index contributed by atoms with van der Waals surface area (Å²) in [5.74, 6) is 0.297. The summed E-state index contributed by atoms with van der Waals surface area (Å²) in [6, 6.07) is 13.1. The van der Waals surface area contributed by atoms with Gasteiger partial charge in [-0.05, 0) is 54.8 Å². The molecule has 0 aliphatic heterocycles. The zero-order valence-corrected chi connectivity index (χ0v) is 14.2. The highest BCUT2D eigenvalue weighted by Gasteiger charge is 2.07. The van der Waals surface area contributed by atoms with Crippen LogP contribution in [0.1, 0.15) is 16.7 Å². The lowest BCUT2D eigenvalue weighted by Crippen LogP contribution is -2.33. The number of aryl methyl sites for hydroxylation is 2. The van der Waals surface area contributed by atoms with E-state index in [1.165, 1.54) is 0 Å². The number of nitrogens with one attached hydrogen (secondary N) is 2. The summed E-state index contributed by atoms with van der Waals surface area (Å²) in [7, 11) is 1.59. The number of rotatable bonds is 6.